The Morgan fingerprint density at radius 3 is 2.62 bits per heavy atom. The number of morpholine rings is 1. The molecule has 1 heterocycles. The molecule has 24 heavy (non-hydrogen) atoms. The second kappa shape index (κ2) is 6.65. The molecule has 0 bridgehead atoms. The van der Waals surface area contributed by atoms with Crippen molar-refractivity contribution < 1.29 is 22.7 Å². The molecule has 1 atom stereocenters. The smallest absolute Gasteiger partial charge is 0.257 e. The van der Waals surface area contributed by atoms with Crippen molar-refractivity contribution in [3.63, 3.8) is 0 Å². The van der Waals surface area contributed by atoms with Crippen molar-refractivity contribution in [2.45, 2.75) is 13.0 Å². The summed E-state index contributed by atoms with van der Waals surface area (Å²) in [5.41, 5.74) is 1.50. The fourth-order valence-electron chi connectivity index (χ4n) is 2.83. The first-order valence-electron chi connectivity index (χ1n) is 7.59. The molecular weight excluding hydrogens is 319 g/mol. The van der Waals surface area contributed by atoms with E-state index in [2.05, 4.69) is 0 Å². The first-order chi connectivity index (χ1) is 11.5. The maximum atomic E-state index is 13.9. The summed E-state index contributed by atoms with van der Waals surface area (Å²) in [6.07, 6.45) is -0.336. The third-order valence-corrected chi connectivity index (χ3v) is 4.15. The maximum absolute atomic E-state index is 13.9. The van der Waals surface area contributed by atoms with Crippen LogP contribution in [0.2, 0.25) is 0 Å². The van der Waals surface area contributed by atoms with Crippen LogP contribution in [0.3, 0.4) is 0 Å². The van der Waals surface area contributed by atoms with Crippen LogP contribution in [-0.2, 0) is 4.74 Å². The summed E-state index contributed by atoms with van der Waals surface area (Å²) in [6, 6.07) is 9.35. The minimum atomic E-state index is -1.63. The highest BCUT2D eigenvalue weighted by molar-refractivity contribution is 5.94. The van der Waals surface area contributed by atoms with Gasteiger partial charge >= 0.3 is 0 Å². The first kappa shape index (κ1) is 16.5. The topological polar surface area (TPSA) is 29.5 Å². The van der Waals surface area contributed by atoms with E-state index in [1.165, 1.54) is 4.90 Å². The zero-order valence-electron chi connectivity index (χ0n) is 13.1. The molecule has 0 spiro atoms. The Morgan fingerprint density at radius 1 is 1.12 bits per heavy atom. The predicted octanol–water partition coefficient (Wildman–Crippen LogP) is 3.63. The molecule has 1 amide bonds. The van der Waals surface area contributed by atoms with E-state index in [1.807, 2.05) is 31.2 Å². The van der Waals surface area contributed by atoms with Crippen LogP contribution in [0.15, 0.2) is 36.4 Å². The maximum Gasteiger partial charge on any atom is 0.257 e. The molecule has 0 N–H and O–H groups in total. The van der Waals surface area contributed by atoms with Gasteiger partial charge in [-0.25, -0.2) is 13.2 Å². The molecule has 1 aliphatic rings. The second-order valence-corrected chi connectivity index (χ2v) is 5.69. The van der Waals surface area contributed by atoms with Crippen LogP contribution in [0.4, 0.5) is 13.2 Å². The molecule has 3 nitrogen and oxygen atoms in total. The predicted molar refractivity (Wildman–Crippen MR) is 82.1 cm³/mol. The third kappa shape index (κ3) is 3.01. The fraction of sp³-hybridized carbons (Fsp3) is 0.278. The van der Waals surface area contributed by atoms with Crippen LogP contribution in [-0.4, -0.2) is 30.5 Å². The Labute approximate surface area is 137 Å². The van der Waals surface area contributed by atoms with Crippen LogP contribution in [0, 0.1) is 24.4 Å². The van der Waals surface area contributed by atoms with Gasteiger partial charge in [0.25, 0.3) is 5.91 Å². The molecule has 0 saturated carbocycles. The molecule has 1 fully saturated rings. The van der Waals surface area contributed by atoms with Crippen molar-refractivity contribution in [2.24, 2.45) is 0 Å². The number of hydrogen-bond acceptors (Lipinski definition) is 2. The minimum absolute atomic E-state index is 0.224. The molecule has 0 aliphatic carbocycles. The lowest BCUT2D eigenvalue weighted by atomic mass is 10.0. The monoisotopic (exact) mass is 335 g/mol. The molecule has 3 rings (SSSR count). The van der Waals surface area contributed by atoms with E-state index in [0.29, 0.717) is 0 Å². The van der Waals surface area contributed by atoms with Crippen LogP contribution >= 0.6 is 0 Å². The van der Waals surface area contributed by atoms with E-state index in [-0.39, 0.29) is 25.8 Å². The zero-order valence-corrected chi connectivity index (χ0v) is 13.1. The molecule has 1 saturated heterocycles. The highest BCUT2D eigenvalue weighted by atomic mass is 19.2. The summed E-state index contributed by atoms with van der Waals surface area (Å²) in [6.45, 7) is 2.71. The largest absolute Gasteiger partial charge is 0.370 e. The first-order valence-corrected chi connectivity index (χ1v) is 7.59. The number of benzene rings is 2. The molecule has 0 aromatic heterocycles. The number of amides is 1. The number of carbonyl (C=O) groups excluding carboxylic acids is 1. The van der Waals surface area contributed by atoms with Crippen molar-refractivity contribution in [3.05, 3.63) is 70.5 Å². The van der Waals surface area contributed by atoms with Crippen LogP contribution in [0.5, 0.6) is 0 Å². The standard InChI is InChI=1S/C18H16F3NO2/c1-11-4-2-3-5-12(11)15-10-22(8-9-24-15)18(23)13-6-7-14(19)17(21)16(13)20/h2-7,15H,8-10H2,1H3. The van der Waals surface area contributed by atoms with Crippen molar-refractivity contribution in [2.75, 3.05) is 19.7 Å². The van der Waals surface area contributed by atoms with Gasteiger partial charge < -0.3 is 9.64 Å². The highest BCUT2D eigenvalue weighted by Crippen LogP contribution is 2.26. The lowest BCUT2D eigenvalue weighted by molar-refractivity contribution is -0.0232. The van der Waals surface area contributed by atoms with Crippen molar-refractivity contribution in [1.82, 2.24) is 4.90 Å². The highest BCUT2D eigenvalue weighted by Gasteiger charge is 2.29. The molecule has 2 aromatic rings. The van der Waals surface area contributed by atoms with Crippen LogP contribution < -0.4 is 0 Å². The average molecular weight is 335 g/mol. The lowest BCUT2D eigenvalue weighted by Gasteiger charge is -2.34. The van der Waals surface area contributed by atoms with Gasteiger partial charge in [-0.2, -0.15) is 0 Å². The quantitative estimate of drug-likeness (QED) is 0.785. The number of halogens is 3. The molecule has 1 unspecified atom stereocenters. The Morgan fingerprint density at radius 2 is 1.88 bits per heavy atom. The Kier molecular flexibility index (Phi) is 4.57. The number of carbonyl (C=O) groups is 1. The third-order valence-electron chi connectivity index (χ3n) is 4.15. The van der Waals surface area contributed by atoms with Crippen LogP contribution in [0.25, 0.3) is 0 Å². The number of hydrogen-bond donors (Lipinski definition) is 0. The normalized spacial score (nSPS) is 17.8. The molecular formula is C18H16F3NO2. The van der Waals surface area contributed by atoms with E-state index in [1.54, 1.807) is 0 Å². The summed E-state index contributed by atoms with van der Waals surface area (Å²) < 4.78 is 46.0. The van der Waals surface area contributed by atoms with E-state index in [4.69, 9.17) is 4.74 Å². The number of aryl methyl sites for hydroxylation is 1. The summed E-state index contributed by atoms with van der Waals surface area (Å²) in [4.78, 5) is 13.9. The van der Waals surface area contributed by atoms with Crippen molar-refractivity contribution in [3.8, 4) is 0 Å². The molecule has 1 aliphatic heterocycles. The number of rotatable bonds is 2. The van der Waals surface area contributed by atoms with Crippen LogP contribution in [0.1, 0.15) is 27.6 Å². The van der Waals surface area contributed by atoms with Gasteiger partial charge in [0, 0.05) is 6.54 Å². The van der Waals surface area contributed by atoms with Gasteiger partial charge in [-0.15, -0.1) is 0 Å². The Balaban J connectivity index is 1.84. The lowest BCUT2D eigenvalue weighted by Crippen LogP contribution is -2.42. The average Bonchev–Trinajstić information content (AvgIpc) is 2.60. The van der Waals surface area contributed by atoms with Crippen molar-refractivity contribution in [1.29, 1.82) is 0 Å². The summed E-state index contributed by atoms with van der Waals surface area (Å²) >= 11 is 0. The van der Waals surface area contributed by atoms with E-state index in [0.717, 1.165) is 23.3 Å². The van der Waals surface area contributed by atoms with Gasteiger partial charge in [0.1, 0.15) is 6.10 Å². The Bertz CT molecular complexity index is 779. The molecule has 0 radical (unpaired) electrons. The van der Waals surface area contributed by atoms with Gasteiger partial charge in [0.15, 0.2) is 17.5 Å². The van der Waals surface area contributed by atoms with E-state index < -0.39 is 28.9 Å². The van der Waals surface area contributed by atoms with Crippen molar-refractivity contribution >= 4 is 5.91 Å². The summed E-state index contributed by atoms with van der Waals surface area (Å²) in [7, 11) is 0. The van der Waals surface area contributed by atoms with Gasteiger partial charge in [0.2, 0.25) is 0 Å². The summed E-state index contributed by atoms with van der Waals surface area (Å²) in [5, 5.41) is 0. The SMILES string of the molecule is Cc1ccccc1C1CN(C(=O)c2ccc(F)c(F)c2F)CCO1. The zero-order chi connectivity index (χ0) is 17.3. The van der Waals surface area contributed by atoms with E-state index >= 15 is 0 Å². The molecule has 6 heteroatoms. The van der Waals surface area contributed by atoms with Gasteiger partial charge in [-0.05, 0) is 30.2 Å². The second-order valence-electron chi connectivity index (χ2n) is 5.69. The Hall–Kier alpha value is -2.34. The summed E-state index contributed by atoms with van der Waals surface area (Å²) in [5.74, 6) is -5.08. The number of ether oxygens (including phenoxy) is 1. The molecule has 126 valence electrons. The van der Waals surface area contributed by atoms with E-state index in [9.17, 15) is 18.0 Å². The fourth-order valence-corrected chi connectivity index (χ4v) is 2.83. The van der Waals surface area contributed by atoms with Gasteiger partial charge in [-0.1, -0.05) is 24.3 Å². The number of nitrogens with zero attached hydrogens (tertiary/aromatic N) is 1. The van der Waals surface area contributed by atoms with Gasteiger partial charge in [0.05, 0.1) is 18.7 Å². The molecule has 2 aromatic carbocycles. The van der Waals surface area contributed by atoms with Gasteiger partial charge in [-0.3, -0.25) is 4.79 Å². The minimum Gasteiger partial charge on any atom is -0.370 e.